The first kappa shape index (κ1) is 21.3. The monoisotopic (exact) mass is 397 g/mol. The minimum absolute atomic E-state index is 0.0668. The number of carbonyl (C=O) groups is 2. The Morgan fingerprint density at radius 1 is 1.21 bits per heavy atom. The highest BCUT2D eigenvalue weighted by Crippen LogP contribution is 2.49. The second kappa shape index (κ2) is 8.52. The molecule has 0 fully saturated rings. The van der Waals surface area contributed by atoms with Crippen molar-refractivity contribution < 1.29 is 19.1 Å². The van der Waals surface area contributed by atoms with Gasteiger partial charge in [-0.2, -0.15) is 0 Å². The molecule has 0 saturated carbocycles. The van der Waals surface area contributed by atoms with Crippen LogP contribution < -0.4 is 4.74 Å². The Balaban J connectivity index is 2.17. The normalized spacial score (nSPS) is 23.3. The summed E-state index contributed by atoms with van der Waals surface area (Å²) in [5, 5.41) is 0. The zero-order valence-electron chi connectivity index (χ0n) is 18.1. The molecule has 3 rings (SSSR count). The van der Waals surface area contributed by atoms with Gasteiger partial charge in [-0.05, 0) is 38.2 Å². The van der Waals surface area contributed by atoms with Crippen LogP contribution in [0.5, 0.6) is 5.75 Å². The van der Waals surface area contributed by atoms with Crippen LogP contribution in [0.1, 0.15) is 65.4 Å². The number of allylic oxidation sites excluding steroid dienone is 2. The maximum atomic E-state index is 13.3. The fourth-order valence-corrected chi connectivity index (χ4v) is 4.40. The molecule has 0 bridgehead atoms. The SMILES string of the molecule is CCCOC(=O)C1C(C)=NC2=C(C(=O)CC(C)(C)C2)[C@@H]1c1ccccc1OCC. The Labute approximate surface area is 173 Å². The number of nitrogens with zero attached hydrogens (tertiary/aromatic N) is 1. The summed E-state index contributed by atoms with van der Waals surface area (Å²) in [7, 11) is 0. The lowest BCUT2D eigenvalue weighted by Crippen LogP contribution is -2.39. The van der Waals surface area contributed by atoms with Crippen molar-refractivity contribution in [2.45, 2.75) is 59.8 Å². The number of hydrogen-bond acceptors (Lipinski definition) is 5. The average molecular weight is 398 g/mol. The van der Waals surface area contributed by atoms with Gasteiger partial charge in [0, 0.05) is 34.9 Å². The van der Waals surface area contributed by atoms with E-state index in [4.69, 9.17) is 14.5 Å². The second-order valence-corrected chi connectivity index (χ2v) is 8.65. The third kappa shape index (κ3) is 4.29. The molecular weight excluding hydrogens is 366 g/mol. The number of ether oxygens (including phenoxy) is 2. The second-order valence-electron chi connectivity index (χ2n) is 8.65. The number of ketones is 1. The van der Waals surface area contributed by atoms with Crippen LogP contribution in [0.2, 0.25) is 0 Å². The summed E-state index contributed by atoms with van der Waals surface area (Å²) < 4.78 is 11.4. The van der Waals surface area contributed by atoms with Crippen molar-refractivity contribution in [3.05, 3.63) is 41.1 Å². The van der Waals surface area contributed by atoms with Gasteiger partial charge >= 0.3 is 5.97 Å². The van der Waals surface area contributed by atoms with E-state index in [-0.39, 0.29) is 17.2 Å². The Morgan fingerprint density at radius 2 is 1.93 bits per heavy atom. The van der Waals surface area contributed by atoms with Gasteiger partial charge in [-0.3, -0.25) is 14.6 Å². The quantitative estimate of drug-likeness (QED) is 0.643. The minimum atomic E-state index is -0.618. The first-order chi connectivity index (χ1) is 13.8. The fourth-order valence-electron chi connectivity index (χ4n) is 4.40. The van der Waals surface area contributed by atoms with Crippen LogP contribution >= 0.6 is 0 Å². The van der Waals surface area contributed by atoms with Gasteiger partial charge in [0.2, 0.25) is 0 Å². The molecule has 2 atom stereocenters. The molecule has 1 unspecified atom stereocenters. The molecule has 0 N–H and O–H groups in total. The first-order valence-electron chi connectivity index (χ1n) is 10.5. The summed E-state index contributed by atoms with van der Waals surface area (Å²) in [6.45, 7) is 10.8. The Hall–Kier alpha value is -2.43. The molecule has 1 aromatic rings. The molecule has 29 heavy (non-hydrogen) atoms. The molecule has 0 saturated heterocycles. The van der Waals surface area contributed by atoms with E-state index >= 15 is 0 Å². The highest BCUT2D eigenvalue weighted by atomic mass is 16.5. The van der Waals surface area contributed by atoms with E-state index in [9.17, 15) is 9.59 Å². The Bertz CT molecular complexity index is 865. The first-order valence-corrected chi connectivity index (χ1v) is 10.5. The maximum Gasteiger partial charge on any atom is 0.315 e. The van der Waals surface area contributed by atoms with Gasteiger partial charge in [-0.25, -0.2) is 0 Å². The molecule has 0 aromatic heterocycles. The lowest BCUT2D eigenvalue weighted by Gasteiger charge is -2.39. The average Bonchev–Trinajstić information content (AvgIpc) is 2.64. The summed E-state index contributed by atoms with van der Waals surface area (Å²) >= 11 is 0. The molecule has 1 aliphatic carbocycles. The number of esters is 1. The van der Waals surface area contributed by atoms with Crippen LogP contribution in [0.25, 0.3) is 0 Å². The number of carbonyl (C=O) groups excluding carboxylic acids is 2. The molecule has 1 aliphatic heterocycles. The Morgan fingerprint density at radius 3 is 2.62 bits per heavy atom. The van der Waals surface area contributed by atoms with Crippen LogP contribution in [0, 0.1) is 11.3 Å². The number of benzene rings is 1. The van der Waals surface area contributed by atoms with E-state index in [2.05, 4.69) is 13.8 Å². The molecule has 2 aliphatic rings. The number of aliphatic imine (C=N–C) groups is 1. The highest BCUT2D eigenvalue weighted by Gasteiger charge is 2.46. The van der Waals surface area contributed by atoms with Crippen LogP contribution in [0.3, 0.4) is 0 Å². The topological polar surface area (TPSA) is 65.0 Å². The van der Waals surface area contributed by atoms with Crippen LogP contribution in [0.15, 0.2) is 40.5 Å². The smallest absolute Gasteiger partial charge is 0.315 e. The van der Waals surface area contributed by atoms with E-state index in [1.54, 1.807) is 0 Å². The van der Waals surface area contributed by atoms with Crippen LogP contribution in [0.4, 0.5) is 0 Å². The molecule has 0 spiro atoms. The van der Waals surface area contributed by atoms with Crippen molar-refractivity contribution >= 4 is 17.5 Å². The van der Waals surface area contributed by atoms with E-state index in [1.807, 2.05) is 45.0 Å². The number of Topliss-reactive ketones (excluding diaryl/α,β-unsaturated/α-hetero) is 1. The third-order valence-corrected chi connectivity index (χ3v) is 5.56. The summed E-state index contributed by atoms with van der Waals surface area (Å²) in [6, 6.07) is 7.67. The van der Waals surface area contributed by atoms with Gasteiger partial charge in [0.05, 0.1) is 13.2 Å². The lowest BCUT2D eigenvalue weighted by atomic mass is 9.66. The van der Waals surface area contributed by atoms with E-state index < -0.39 is 11.8 Å². The number of rotatable bonds is 6. The van der Waals surface area contributed by atoms with Crippen molar-refractivity contribution in [2.24, 2.45) is 16.3 Å². The van der Waals surface area contributed by atoms with Crippen LogP contribution in [-0.2, 0) is 14.3 Å². The van der Waals surface area contributed by atoms with Crippen molar-refractivity contribution in [3.63, 3.8) is 0 Å². The van der Waals surface area contributed by atoms with Crippen LogP contribution in [-0.4, -0.2) is 30.7 Å². The third-order valence-electron chi connectivity index (χ3n) is 5.56. The van der Waals surface area contributed by atoms with Gasteiger partial charge in [0.1, 0.15) is 11.7 Å². The number of hydrogen-bond donors (Lipinski definition) is 0. The molecular formula is C24H31NO4. The summed E-state index contributed by atoms with van der Waals surface area (Å²) in [6.07, 6.45) is 1.91. The zero-order valence-corrected chi connectivity index (χ0v) is 18.1. The van der Waals surface area contributed by atoms with Gasteiger partial charge < -0.3 is 9.47 Å². The lowest BCUT2D eigenvalue weighted by molar-refractivity contribution is -0.146. The molecule has 1 aromatic carbocycles. The zero-order chi connectivity index (χ0) is 21.2. The Kier molecular flexibility index (Phi) is 6.25. The highest BCUT2D eigenvalue weighted by molar-refractivity contribution is 6.09. The largest absolute Gasteiger partial charge is 0.494 e. The van der Waals surface area contributed by atoms with Gasteiger partial charge in [-0.1, -0.05) is 39.0 Å². The van der Waals surface area contributed by atoms with Crippen molar-refractivity contribution in [1.82, 2.24) is 0 Å². The minimum Gasteiger partial charge on any atom is -0.494 e. The maximum absolute atomic E-state index is 13.3. The van der Waals surface area contributed by atoms with Crippen molar-refractivity contribution in [2.75, 3.05) is 13.2 Å². The van der Waals surface area contributed by atoms with Gasteiger partial charge in [-0.15, -0.1) is 0 Å². The van der Waals surface area contributed by atoms with Gasteiger partial charge in [0.25, 0.3) is 0 Å². The van der Waals surface area contributed by atoms with E-state index in [0.717, 1.165) is 24.1 Å². The predicted octanol–water partition coefficient (Wildman–Crippen LogP) is 4.86. The standard InChI is InChI=1S/C24H31NO4/c1-6-12-29-23(27)20-15(3)25-17-13-24(4,5)14-18(26)22(17)21(20)16-10-8-9-11-19(16)28-7-2/h8-11,20-21H,6-7,12-14H2,1-5H3/t20?,21-/m1/s1. The fraction of sp³-hybridized carbons (Fsp3) is 0.542. The summed E-state index contributed by atoms with van der Waals surface area (Å²) in [5.41, 5.74) is 2.87. The molecule has 0 amide bonds. The molecule has 1 heterocycles. The van der Waals surface area contributed by atoms with Crippen molar-refractivity contribution in [3.8, 4) is 5.75 Å². The predicted molar refractivity (Wildman–Crippen MR) is 113 cm³/mol. The van der Waals surface area contributed by atoms with Gasteiger partial charge in [0.15, 0.2) is 5.78 Å². The summed E-state index contributed by atoms with van der Waals surface area (Å²) in [5.74, 6) is -0.608. The molecule has 0 radical (unpaired) electrons. The van der Waals surface area contributed by atoms with E-state index in [0.29, 0.717) is 36.7 Å². The number of para-hydroxylation sites is 1. The summed E-state index contributed by atoms with van der Waals surface area (Å²) in [4.78, 5) is 31.1. The van der Waals surface area contributed by atoms with E-state index in [1.165, 1.54) is 0 Å². The molecule has 156 valence electrons. The molecule has 5 heteroatoms. The van der Waals surface area contributed by atoms with Crippen molar-refractivity contribution in [1.29, 1.82) is 0 Å². The molecule has 5 nitrogen and oxygen atoms in total.